The highest BCUT2D eigenvalue weighted by Crippen LogP contribution is 2.21. The third-order valence-corrected chi connectivity index (χ3v) is 3.99. The molecule has 0 radical (unpaired) electrons. The van der Waals surface area contributed by atoms with Crippen LogP contribution < -0.4 is 10.6 Å². The van der Waals surface area contributed by atoms with E-state index in [0.717, 1.165) is 11.1 Å². The topological polar surface area (TPSA) is 41.1 Å². The van der Waals surface area contributed by atoms with Crippen molar-refractivity contribution >= 4 is 17.5 Å². The molecule has 1 atom stereocenters. The van der Waals surface area contributed by atoms with Crippen LogP contribution in [-0.2, 0) is 11.3 Å². The Bertz CT molecular complexity index is 673. The summed E-state index contributed by atoms with van der Waals surface area (Å²) in [6.45, 7) is 4.75. The summed E-state index contributed by atoms with van der Waals surface area (Å²) in [5.41, 5.74) is 1.92. The minimum atomic E-state index is -0.263. The summed E-state index contributed by atoms with van der Waals surface area (Å²) in [4.78, 5) is 12.0. The second-order valence-corrected chi connectivity index (χ2v) is 6.50. The summed E-state index contributed by atoms with van der Waals surface area (Å²) in [6, 6.07) is 13.7. The van der Waals surface area contributed by atoms with E-state index in [1.807, 2.05) is 18.2 Å². The van der Waals surface area contributed by atoms with Crippen LogP contribution in [0.1, 0.15) is 31.0 Å². The van der Waals surface area contributed by atoms with Crippen molar-refractivity contribution in [3.8, 4) is 0 Å². The molecule has 0 bridgehead atoms. The molecule has 0 aliphatic carbocycles. The van der Waals surface area contributed by atoms with E-state index in [1.54, 1.807) is 18.2 Å². The molecule has 0 fully saturated rings. The molecule has 0 unspecified atom stereocenters. The normalized spacial score (nSPS) is 12.2. The molecule has 24 heavy (non-hydrogen) atoms. The summed E-state index contributed by atoms with van der Waals surface area (Å²) in [5, 5.41) is 6.75. The number of carbonyl (C=O) groups excluding carboxylic acids is 1. The zero-order valence-corrected chi connectivity index (χ0v) is 14.6. The van der Waals surface area contributed by atoms with Gasteiger partial charge in [0.2, 0.25) is 5.91 Å². The lowest BCUT2D eigenvalue weighted by molar-refractivity contribution is -0.120. The molecule has 2 aromatic rings. The van der Waals surface area contributed by atoms with Crippen molar-refractivity contribution in [3.63, 3.8) is 0 Å². The van der Waals surface area contributed by atoms with E-state index in [4.69, 9.17) is 11.6 Å². The van der Waals surface area contributed by atoms with Crippen LogP contribution in [0.2, 0.25) is 5.02 Å². The van der Waals surface area contributed by atoms with Crippen LogP contribution in [0.25, 0.3) is 0 Å². The molecule has 0 saturated carbocycles. The van der Waals surface area contributed by atoms with Crippen LogP contribution >= 0.6 is 11.6 Å². The molecule has 2 rings (SSSR count). The van der Waals surface area contributed by atoms with Crippen LogP contribution in [0.4, 0.5) is 4.39 Å². The number of rotatable bonds is 7. The maximum absolute atomic E-state index is 13.1. The van der Waals surface area contributed by atoms with Crippen molar-refractivity contribution in [3.05, 3.63) is 70.5 Å². The Hall–Kier alpha value is -1.91. The Morgan fingerprint density at radius 1 is 1.17 bits per heavy atom. The Labute approximate surface area is 147 Å². The number of halogens is 2. The van der Waals surface area contributed by atoms with Gasteiger partial charge in [-0.1, -0.05) is 49.7 Å². The predicted octanol–water partition coefficient (Wildman–Crippen LogP) is 4.08. The molecular weight excluding hydrogens is 327 g/mol. The molecular formula is C19H22ClFN2O. The average molecular weight is 349 g/mol. The smallest absolute Gasteiger partial charge is 0.234 e. The lowest BCUT2D eigenvalue weighted by Gasteiger charge is -2.22. The SMILES string of the molecule is CC(C)[C@@H](NCC(=O)NCc1cccc(Cl)c1)c1ccc(F)cc1. The largest absolute Gasteiger partial charge is 0.351 e. The Kier molecular flexibility index (Phi) is 6.76. The van der Waals surface area contributed by atoms with Gasteiger partial charge in [-0.25, -0.2) is 4.39 Å². The highest BCUT2D eigenvalue weighted by molar-refractivity contribution is 6.30. The number of benzene rings is 2. The van der Waals surface area contributed by atoms with Crippen molar-refractivity contribution in [2.45, 2.75) is 26.4 Å². The van der Waals surface area contributed by atoms with Gasteiger partial charge in [-0.05, 0) is 41.3 Å². The predicted molar refractivity (Wildman–Crippen MR) is 95.3 cm³/mol. The summed E-state index contributed by atoms with van der Waals surface area (Å²) in [7, 11) is 0. The highest BCUT2D eigenvalue weighted by atomic mass is 35.5. The van der Waals surface area contributed by atoms with E-state index < -0.39 is 0 Å². The zero-order chi connectivity index (χ0) is 17.5. The van der Waals surface area contributed by atoms with Gasteiger partial charge in [0.15, 0.2) is 0 Å². The van der Waals surface area contributed by atoms with Gasteiger partial charge in [0.25, 0.3) is 0 Å². The summed E-state index contributed by atoms with van der Waals surface area (Å²) >= 11 is 5.92. The monoisotopic (exact) mass is 348 g/mol. The summed E-state index contributed by atoms with van der Waals surface area (Å²) in [6.07, 6.45) is 0. The number of hydrogen-bond acceptors (Lipinski definition) is 2. The van der Waals surface area contributed by atoms with Crippen LogP contribution in [0.15, 0.2) is 48.5 Å². The Morgan fingerprint density at radius 2 is 1.88 bits per heavy atom. The fourth-order valence-electron chi connectivity index (χ4n) is 2.52. The molecule has 0 aliphatic rings. The molecule has 3 nitrogen and oxygen atoms in total. The van der Waals surface area contributed by atoms with E-state index in [-0.39, 0.29) is 30.2 Å². The van der Waals surface area contributed by atoms with Gasteiger partial charge in [0.1, 0.15) is 5.82 Å². The van der Waals surface area contributed by atoms with Gasteiger partial charge in [-0.2, -0.15) is 0 Å². The Balaban J connectivity index is 1.87. The van der Waals surface area contributed by atoms with Crippen molar-refractivity contribution in [1.82, 2.24) is 10.6 Å². The van der Waals surface area contributed by atoms with Crippen LogP contribution in [0.3, 0.4) is 0 Å². The van der Waals surface area contributed by atoms with Gasteiger partial charge < -0.3 is 10.6 Å². The number of carbonyl (C=O) groups is 1. The molecule has 0 saturated heterocycles. The molecule has 0 aliphatic heterocycles. The van der Waals surface area contributed by atoms with Crippen LogP contribution in [-0.4, -0.2) is 12.5 Å². The molecule has 0 aromatic heterocycles. The van der Waals surface area contributed by atoms with E-state index in [2.05, 4.69) is 24.5 Å². The first-order valence-electron chi connectivity index (χ1n) is 7.95. The fourth-order valence-corrected chi connectivity index (χ4v) is 2.73. The molecule has 2 N–H and O–H groups in total. The van der Waals surface area contributed by atoms with E-state index in [0.29, 0.717) is 11.6 Å². The summed E-state index contributed by atoms with van der Waals surface area (Å²) in [5.74, 6) is -0.0838. The van der Waals surface area contributed by atoms with Crippen LogP contribution in [0, 0.1) is 11.7 Å². The van der Waals surface area contributed by atoms with Crippen LogP contribution in [0.5, 0.6) is 0 Å². The van der Waals surface area contributed by atoms with Gasteiger partial charge in [0, 0.05) is 17.6 Å². The van der Waals surface area contributed by atoms with Gasteiger partial charge >= 0.3 is 0 Å². The maximum Gasteiger partial charge on any atom is 0.234 e. The van der Waals surface area contributed by atoms with Crippen molar-refractivity contribution in [1.29, 1.82) is 0 Å². The Morgan fingerprint density at radius 3 is 2.50 bits per heavy atom. The van der Waals surface area contributed by atoms with Gasteiger partial charge in [-0.15, -0.1) is 0 Å². The van der Waals surface area contributed by atoms with E-state index >= 15 is 0 Å². The summed E-state index contributed by atoms with van der Waals surface area (Å²) < 4.78 is 13.1. The first kappa shape index (κ1) is 18.4. The van der Waals surface area contributed by atoms with Gasteiger partial charge in [0.05, 0.1) is 6.54 Å². The third kappa shape index (κ3) is 5.62. The third-order valence-electron chi connectivity index (χ3n) is 3.76. The standard InChI is InChI=1S/C19H22ClFN2O/c1-13(2)19(15-6-8-17(21)9-7-15)23-12-18(24)22-11-14-4-3-5-16(20)10-14/h3-10,13,19,23H,11-12H2,1-2H3,(H,22,24)/t19-/m1/s1. The second-order valence-electron chi connectivity index (χ2n) is 6.06. The first-order chi connectivity index (χ1) is 11.5. The lowest BCUT2D eigenvalue weighted by Crippen LogP contribution is -2.37. The number of nitrogens with one attached hydrogen (secondary N) is 2. The molecule has 5 heteroatoms. The number of hydrogen-bond donors (Lipinski definition) is 2. The minimum absolute atomic E-state index is 0.0116. The van der Waals surface area contributed by atoms with Crippen molar-refractivity contribution in [2.24, 2.45) is 5.92 Å². The molecule has 1 amide bonds. The van der Waals surface area contributed by atoms with E-state index in [9.17, 15) is 9.18 Å². The molecule has 0 spiro atoms. The average Bonchev–Trinajstić information content (AvgIpc) is 2.54. The maximum atomic E-state index is 13.1. The quantitative estimate of drug-likeness (QED) is 0.791. The second kappa shape index (κ2) is 8.81. The minimum Gasteiger partial charge on any atom is -0.351 e. The van der Waals surface area contributed by atoms with E-state index in [1.165, 1.54) is 12.1 Å². The van der Waals surface area contributed by atoms with Crippen molar-refractivity contribution in [2.75, 3.05) is 6.54 Å². The number of amides is 1. The molecule has 128 valence electrons. The zero-order valence-electron chi connectivity index (χ0n) is 13.9. The fraction of sp³-hybridized carbons (Fsp3) is 0.316. The first-order valence-corrected chi connectivity index (χ1v) is 8.33. The van der Waals surface area contributed by atoms with Crippen molar-refractivity contribution < 1.29 is 9.18 Å². The lowest BCUT2D eigenvalue weighted by atomic mass is 9.96. The van der Waals surface area contributed by atoms with Gasteiger partial charge in [-0.3, -0.25) is 4.79 Å². The molecule has 2 aromatic carbocycles. The highest BCUT2D eigenvalue weighted by Gasteiger charge is 2.16. The molecule has 0 heterocycles.